The Kier molecular flexibility index (Phi) is 6.83. The van der Waals surface area contributed by atoms with Gasteiger partial charge in [0.15, 0.2) is 0 Å². The van der Waals surface area contributed by atoms with Crippen molar-refractivity contribution in [1.29, 1.82) is 0 Å². The molecule has 3 aliphatic rings. The zero-order valence-electron chi connectivity index (χ0n) is 18.3. The van der Waals surface area contributed by atoms with Crippen molar-refractivity contribution in [3.63, 3.8) is 0 Å². The van der Waals surface area contributed by atoms with Crippen molar-refractivity contribution in [3.05, 3.63) is 84.7 Å². The molecule has 1 heterocycles. The van der Waals surface area contributed by atoms with Gasteiger partial charge in [0.1, 0.15) is 0 Å². The highest BCUT2D eigenvalue weighted by molar-refractivity contribution is 8.02. The predicted octanol–water partition coefficient (Wildman–Crippen LogP) is 7.35. The number of carbonyl (C=O) groups excluding carboxylic acids is 1. The summed E-state index contributed by atoms with van der Waals surface area (Å²) in [5.74, 6) is 0.0933. The Labute approximate surface area is 214 Å². The summed E-state index contributed by atoms with van der Waals surface area (Å²) >= 11 is 20.8. The lowest BCUT2D eigenvalue weighted by atomic mass is 9.80. The zero-order chi connectivity index (χ0) is 23.1. The van der Waals surface area contributed by atoms with Crippen molar-refractivity contribution < 1.29 is 4.79 Å². The molecule has 0 aromatic heterocycles. The maximum atomic E-state index is 13.5. The van der Waals surface area contributed by atoms with Crippen LogP contribution in [0.15, 0.2) is 58.5 Å². The summed E-state index contributed by atoms with van der Waals surface area (Å²) in [7, 11) is 0. The summed E-state index contributed by atoms with van der Waals surface area (Å²) in [6, 6.07) is 13.6. The number of hydrogen-bond acceptors (Lipinski definition) is 3. The van der Waals surface area contributed by atoms with Crippen LogP contribution in [0.2, 0.25) is 15.1 Å². The number of carbonyl (C=O) groups is 1. The van der Waals surface area contributed by atoms with Crippen LogP contribution in [-0.2, 0) is 4.79 Å². The van der Waals surface area contributed by atoms with Crippen LogP contribution in [0.4, 0.5) is 0 Å². The molecule has 1 saturated carbocycles. The summed E-state index contributed by atoms with van der Waals surface area (Å²) < 4.78 is 0. The van der Waals surface area contributed by atoms with E-state index in [0.717, 1.165) is 54.0 Å². The number of hydrazine groups is 1. The lowest BCUT2D eigenvalue weighted by molar-refractivity contribution is -0.122. The van der Waals surface area contributed by atoms with Gasteiger partial charge in [-0.2, -0.15) is 0 Å². The fourth-order valence-electron chi connectivity index (χ4n) is 5.10. The number of rotatable bonds is 5. The molecule has 2 aromatic carbocycles. The fraction of sp³-hybridized carbons (Fsp3) is 0.346. The molecule has 1 N–H and O–H groups in total. The first-order valence-corrected chi connectivity index (χ1v) is 13.6. The lowest BCUT2D eigenvalue weighted by Crippen LogP contribution is -2.46. The molecule has 5 rings (SSSR count). The summed E-state index contributed by atoms with van der Waals surface area (Å²) in [5, 5.41) is 4.01. The number of fused-ring (bicyclic) bond motifs is 1. The maximum Gasteiger partial charge on any atom is 0.262 e. The molecular formula is C26H25Cl3N2OS. The third-order valence-corrected chi connectivity index (χ3v) is 8.40. The van der Waals surface area contributed by atoms with Crippen LogP contribution in [0.1, 0.15) is 42.7 Å². The Morgan fingerprint density at radius 2 is 1.70 bits per heavy atom. The standard InChI is InChI=1S/C26H25Cl3N2OS/c1-33-25-22(15-5-7-16(27)8-6-15)23(18-10-9-17(28)13-21(18)29)19-14-20(19)24(25)26(32)30-31-11-3-2-4-12-31/h5-10,13,20,22H,2-4,11-12,14H2,1H3,(H,30,32). The minimum absolute atomic E-state index is 0.0291. The molecule has 2 unspecified atom stereocenters. The number of nitrogens with one attached hydrogen (secondary N) is 1. The first kappa shape index (κ1) is 23.3. The number of halogens is 3. The Morgan fingerprint density at radius 1 is 1.00 bits per heavy atom. The zero-order valence-corrected chi connectivity index (χ0v) is 21.4. The summed E-state index contributed by atoms with van der Waals surface area (Å²) in [5.41, 5.74) is 8.68. The molecule has 0 spiro atoms. The van der Waals surface area contributed by atoms with Crippen molar-refractivity contribution in [3.8, 4) is 0 Å². The van der Waals surface area contributed by atoms with E-state index in [9.17, 15) is 4.79 Å². The number of nitrogens with zero attached hydrogens (tertiary/aromatic N) is 1. The minimum atomic E-state index is -0.0770. The molecule has 0 bridgehead atoms. The van der Waals surface area contributed by atoms with E-state index < -0.39 is 0 Å². The number of hydrogen-bond donors (Lipinski definition) is 1. The van der Waals surface area contributed by atoms with Crippen LogP contribution in [0.25, 0.3) is 5.57 Å². The van der Waals surface area contributed by atoms with Gasteiger partial charge in [-0.1, -0.05) is 65.0 Å². The second-order valence-electron chi connectivity index (χ2n) is 8.78. The van der Waals surface area contributed by atoms with Gasteiger partial charge in [0, 0.05) is 50.5 Å². The van der Waals surface area contributed by atoms with Crippen LogP contribution >= 0.6 is 46.6 Å². The van der Waals surface area contributed by atoms with Gasteiger partial charge < -0.3 is 0 Å². The maximum absolute atomic E-state index is 13.5. The van der Waals surface area contributed by atoms with Gasteiger partial charge in [-0.15, -0.1) is 11.8 Å². The van der Waals surface area contributed by atoms with Gasteiger partial charge in [-0.25, -0.2) is 5.01 Å². The average Bonchev–Trinajstić information content (AvgIpc) is 3.59. The average molecular weight is 520 g/mol. The molecule has 1 aliphatic heterocycles. The Hall–Kier alpha value is -1.43. The molecule has 33 heavy (non-hydrogen) atoms. The number of benzene rings is 2. The van der Waals surface area contributed by atoms with Gasteiger partial charge in [-0.05, 0) is 66.5 Å². The second-order valence-corrected chi connectivity index (χ2v) is 10.9. The van der Waals surface area contributed by atoms with Gasteiger partial charge in [-0.3, -0.25) is 10.2 Å². The number of amides is 1. The molecule has 1 saturated heterocycles. The molecule has 1 amide bonds. The normalized spacial score (nSPS) is 22.9. The van der Waals surface area contributed by atoms with Crippen molar-refractivity contribution in [2.24, 2.45) is 5.92 Å². The van der Waals surface area contributed by atoms with Crippen LogP contribution in [-0.4, -0.2) is 30.3 Å². The first-order valence-electron chi connectivity index (χ1n) is 11.3. The highest BCUT2D eigenvalue weighted by atomic mass is 35.5. The fourth-order valence-corrected chi connectivity index (χ4v) is 6.68. The number of thioether (sulfide) groups is 1. The third-order valence-electron chi connectivity index (χ3n) is 6.70. The minimum Gasteiger partial charge on any atom is -0.285 e. The number of piperidine rings is 1. The van der Waals surface area contributed by atoms with E-state index in [1.54, 1.807) is 17.8 Å². The highest BCUT2D eigenvalue weighted by Crippen LogP contribution is 2.61. The van der Waals surface area contributed by atoms with E-state index in [4.69, 9.17) is 34.8 Å². The van der Waals surface area contributed by atoms with Gasteiger partial charge in [0.25, 0.3) is 5.91 Å². The van der Waals surface area contributed by atoms with Gasteiger partial charge >= 0.3 is 0 Å². The Bertz CT molecular complexity index is 1150. The van der Waals surface area contributed by atoms with E-state index in [1.807, 2.05) is 24.3 Å². The molecular weight excluding hydrogens is 495 g/mol. The molecule has 3 nitrogen and oxygen atoms in total. The topological polar surface area (TPSA) is 32.3 Å². The molecule has 2 fully saturated rings. The van der Waals surface area contributed by atoms with Crippen molar-refractivity contribution in [2.75, 3.05) is 19.3 Å². The lowest BCUT2D eigenvalue weighted by Gasteiger charge is -2.32. The van der Waals surface area contributed by atoms with Gasteiger partial charge in [0.05, 0.1) is 0 Å². The molecule has 172 valence electrons. The first-order chi connectivity index (χ1) is 16.0. The van der Waals surface area contributed by atoms with Crippen LogP contribution < -0.4 is 5.43 Å². The van der Waals surface area contributed by atoms with Crippen LogP contribution in [0.5, 0.6) is 0 Å². The van der Waals surface area contributed by atoms with Gasteiger partial charge in [0.2, 0.25) is 0 Å². The summed E-state index contributed by atoms with van der Waals surface area (Å²) in [6.07, 6.45) is 6.41. The Balaban J connectivity index is 1.60. The SMILES string of the molecule is CSC1=C(C(=O)NN2CCCCC2)C2CC2=C(c2ccc(Cl)cc2Cl)C1c1ccc(Cl)cc1. The van der Waals surface area contributed by atoms with Crippen LogP contribution in [0.3, 0.4) is 0 Å². The largest absolute Gasteiger partial charge is 0.285 e. The van der Waals surface area contributed by atoms with Crippen molar-refractivity contribution in [2.45, 2.75) is 31.6 Å². The smallest absolute Gasteiger partial charge is 0.262 e. The number of allylic oxidation sites excluding steroid dienone is 3. The van der Waals surface area contributed by atoms with E-state index >= 15 is 0 Å². The predicted molar refractivity (Wildman–Crippen MR) is 140 cm³/mol. The van der Waals surface area contributed by atoms with Crippen molar-refractivity contribution in [1.82, 2.24) is 10.4 Å². The van der Waals surface area contributed by atoms with Crippen LogP contribution in [0, 0.1) is 5.92 Å². The highest BCUT2D eigenvalue weighted by Gasteiger charge is 2.48. The van der Waals surface area contributed by atoms with E-state index in [0.29, 0.717) is 15.1 Å². The molecule has 2 aliphatic carbocycles. The molecule has 2 atom stereocenters. The Morgan fingerprint density at radius 3 is 2.36 bits per heavy atom. The molecule has 0 radical (unpaired) electrons. The van der Waals surface area contributed by atoms with E-state index in [2.05, 4.69) is 28.8 Å². The van der Waals surface area contributed by atoms with E-state index in [1.165, 1.54) is 17.6 Å². The van der Waals surface area contributed by atoms with Crippen molar-refractivity contribution >= 4 is 58.0 Å². The molecule has 7 heteroatoms. The van der Waals surface area contributed by atoms with E-state index in [-0.39, 0.29) is 17.7 Å². The summed E-state index contributed by atoms with van der Waals surface area (Å²) in [6.45, 7) is 1.82. The molecule has 2 aromatic rings. The quantitative estimate of drug-likeness (QED) is 0.448. The monoisotopic (exact) mass is 518 g/mol. The second kappa shape index (κ2) is 9.67. The summed E-state index contributed by atoms with van der Waals surface area (Å²) in [4.78, 5) is 14.6. The third kappa shape index (κ3) is 4.61.